The van der Waals surface area contributed by atoms with Crippen LogP contribution in [0.3, 0.4) is 0 Å². The number of urea groups is 1. The number of carbonyl (C=O) groups excluding carboxylic acids is 4. The fraction of sp³-hybridized carbons (Fsp3) is 0.500. The van der Waals surface area contributed by atoms with Crippen molar-refractivity contribution in [3.05, 3.63) is 35.9 Å². The van der Waals surface area contributed by atoms with Crippen molar-refractivity contribution < 1.29 is 24.1 Å². The number of amides is 5. The second-order valence-corrected chi connectivity index (χ2v) is 7.58. The largest absolute Gasteiger partial charge is 0.351 e. The van der Waals surface area contributed by atoms with Crippen molar-refractivity contribution in [1.82, 2.24) is 21.1 Å². The van der Waals surface area contributed by atoms with Crippen LogP contribution in [0.1, 0.15) is 32.3 Å². The molecular formula is C20H30N5O4+. The number of aryl methyl sites for hydroxylation is 1. The van der Waals surface area contributed by atoms with Crippen LogP contribution in [0.25, 0.3) is 0 Å². The van der Waals surface area contributed by atoms with Crippen LogP contribution in [-0.2, 0) is 20.8 Å². The van der Waals surface area contributed by atoms with E-state index in [0.29, 0.717) is 24.3 Å². The Labute approximate surface area is 170 Å². The summed E-state index contributed by atoms with van der Waals surface area (Å²) in [5.74, 6) is -1.16. The van der Waals surface area contributed by atoms with Crippen molar-refractivity contribution in [3.63, 3.8) is 0 Å². The van der Waals surface area contributed by atoms with Gasteiger partial charge < -0.3 is 15.5 Å². The fourth-order valence-electron chi connectivity index (χ4n) is 3.10. The number of hydrogen-bond donors (Lipinski definition) is 4. The summed E-state index contributed by atoms with van der Waals surface area (Å²) in [6, 6.07) is 9.01. The van der Waals surface area contributed by atoms with Gasteiger partial charge in [-0.25, -0.2) is 4.79 Å². The molecule has 1 saturated heterocycles. The predicted octanol–water partition coefficient (Wildman–Crippen LogP) is -0.998. The number of nitrogens with zero attached hydrogens (tertiary/aromatic N) is 1. The third-order valence-electron chi connectivity index (χ3n) is 4.75. The molecule has 4 N–H and O–H groups in total. The molecule has 0 aliphatic carbocycles. The van der Waals surface area contributed by atoms with Gasteiger partial charge >= 0.3 is 6.03 Å². The molecule has 1 heterocycles. The van der Waals surface area contributed by atoms with Crippen LogP contribution in [0, 0.1) is 0 Å². The average Bonchev–Trinajstić information content (AvgIpc) is 2.89. The summed E-state index contributed by atoms with van der Waals surface area (Å²) < 4.78 is 0. The Bertz CT molecular complexity index is 754. The van der Waals surface area contributed by atoms with Gasteiger partial charge in [0.25, 0.3) is 17.7 Å². The zero-order valence-electron chi connectivity index (χ0n) is 17.2. The van der Waals surface area contributed by atoms with Crippen LogP contribution in [0.15, 0.2) is 30.3 Å². The molecule has 1 aromatic rings. The molecule has 2 rings (SSSR count). The third-order valence-corrected chi connectivity index (χ3v) is 4.75. The second kappa shape index (κ2) is 10.0. The molecule has 0 radical (unpaired) electrons. The van der Waals surface area contributed by atoms with Crippen LogP contribution >= 0.6 is 0 Å². The number of benzene rings is 1. The van der Waals surface area contributed by atoms with Crippen molar-refractivity contribution in [2.75, 3.05) is 26.7 Å². The summed E-state index contributed by atoms with van der Waals surface area (Å²) in [6.45, 7) is 4.27. The maximum absolute atomic E-state index is 12.7. The Morgan fingerprint density at radius 2 is 1.79 bits per heavy atom. The van der Waals surface area contributed by atoms with Crippen LogP contribution < -0.4 is 21.0 Å². The number of hydrazine groups is 1. The zero-order chi connectivity index (χ0) is 21.4. The zero-order valence-corrected chi connectivity index (χ0v) is 17.2. The van der Waals surface area contributed by atoms with Crippen LogP contribution in [-0.4, -0.2) is 61.0 Å². The highest BCUT2D eigenvalue weighted by Gasteiger charge is 2.48. The molecule has 0 bridgehead atoms. The van der Waals surface area contributed by atoms with Crippen molar-refractivity contribution >= 4 is 23.8 Å². The molecule has 1 aliphatic heterocycles. The lowest BCUT2D eigenvalue weighted by Gasteiger charge is -2.22. The molecule has 0 saturated carbocycles. The summed E-state index contributed by atoms with van der Waals surface area (Å²) >= 11 is 0. The smallest absolute Gasteiger partial charge is 0.344 e. The molecule has 2 atom stereocenters. The Hall–Kier alpha value is -2.94. The number of carbonyl (C=O) groups is 4. The van der Waals surface area contributed by atoms with E-state index in [4.69, 9.17) is 0 Å². The van der Waals surface area contributed by atoms with Crippen molar-refractivity contribution in [2.45, 2.75) is 38.6 Å². The van der Waals surface area contributed by atoms with Crippen molar-refractivity contribution in [3.8, 4) is 0 Å². The molecule has 9 heteroatoms. The Balaban J connectivity index is 1.87. The standard InChI is InChI=1S/C20H29N5O4/c1-4-12-21-16(26)13-24(3)14-17(27)23-25-18(28)20(2,22-19(25)29)11-10-15-8-6-5-7-9-15/h5-9H,4,10-14H2,1-3H3,(H,21,26)(H,22,29)(H,23,27)/p+1/t20-/m1/s1. The number of likely N-dealkylation sites (N-methyl/N-ethyl adjacent to an activating group) is 1. The van der Waals surface area contributed by atoms with Gasteiger partial charge in [0.1, 0.15) is 5.54 Å². The van der Waals surface area contributed by atoms with E-state index >= 15 is 0 Å². The number of rotatable bonds is 10. The Kier molecular flexibility index (Phi) is 7.72. The summed E-state index contributed by atoms with van der Waals surface area (Å²) in [6.07, 6.45) is 1.86. The van der Waals surface area contributed by atoms with Gasteiger partial charge in [-0.05, 0) is 31.7 Å². The van der Waals surface area contributed by atoms with Crippen LogP contribution in [0.2, 0.25) is 0 Å². The van der Waals surface area contributed by atoms with Gasteiger partial charge in [0.15, 0.2) is 13.1 Å². The highest BCUT2D eigenvalue weighted by atomic mass is 16.2. The molecule has 158 valence electrons. The molecule has 9 nitrogen and oxygen atoms in total. The molecule has 1 aliphatic rings. The molecule has 1 fully saturated rings. The first-order valence-corrected chi connectivity index (χ1v) is 9.83. The van der Waals surface area contributed by atoms with Crippen LogP contribution in [0.4, 0.5) is 4.79 Å². The first-order valence-electron chi connectivity index (χ1n) is 9.83. The van der Waals surface area contributed by atoms with E-state index in [9.17, 15) is 19.2 Å². The molecule has 1 unspecified atom stereocenters. The van der Waals surface area contributed by atoms with Gasteiger partial charge in [0, 0.05) is 6.54 Å². The van der Waals surface area contributed by atoms with Gasteiger partial charge in [-0.2, -0.15) is 5.01 Å². The van der Waals surface area contributed by atoms with E-state index in [0.717, 1.165) is 17.0 Å². The SMILES string of the molecule is CCCNC(=O)C[NH+](C)CC(=O)NN1C(=O)N[C@](C)(CCc2ccccc2)C1=O. The minimum Gasteiger partial charge on any atom is -0.351 e. The Morgan fingerprint density at radius 1 is 1.14 bits per heavy atom. The van der Waals surface area contributed by atoms with Gasteiger partial charge in [-0.1, -0.05) is 37.3 Å². The van der Waals surface area contributed by atoms with Crippen LogP contribution in [0.5, 0.6) is 0 Å². The molecule has 5 amide bonds. The summed E-state index contributed by atoms with van der Waals surface area (Å²) in [4.78, 5) is 49.6. The topological polar surface area (TPSA) is 112 Å². The number of hydrogen-bond acceptors (Lipinski definition) is 4. The summed E-state index contributed by atoms with van der Waals surface area (Å²) in [7, 11) is 1.70. The van der Waals surface area contributed by atoms with E-state index in [1.54, 1.807) is 14.0 Å². The first-order chi connectivity index (χ1) is 13.7. The van der Waals surface area contributed by atoms with Gasteiger partial charge in [0.2, 0.25) is 0 Å². The van der Waals surface area contributed by atoms with E-state index in [1.165, 1.54) is 0 Å². The number of nitrogens with one attached hydrogen (secondary N) is 4. The lowest BCUT2D eigenvalue weighted by Crippen LogP contribution is -3.11. The molecule has 0 spiro atoms. The first kappa shape index (κ1) is 22.4. The van der Waals surface area contributed by atoms with E-state index in [1.807, 2.05) is 37.3 Å². The number of quaternary nitrogens is 1. The predicted molar refractivity (Wildman–Crippen MR) is 107 cm³/mol. The summed E-state index contributed by atoms with van der Waals surface area (Å²) in [5, 5.41) is 6.14. The highest BCUT2D eigenvalue weighted by Crippen LogP contribution is 2.22. The van der Waals surface area contributed by atoms with Gasteiger partial charge in [0.05, 0.1) is 7.05 Å². The maximum atomic E-state index is 12.7. The fourth-order valence-corrected chi connectivity index (χ4v) is 3.10. The highest BCUT2D eigenvalue weighted by molar-refractivity contribution is 6.07. The maximum Gasteiger partial charge on any atom is 0.344 e. The summed E-state index contributed by atoms with van der Waals surface area (Å²) in [5.41, 5.74) is 2.34. The second-order valence-electron chi connectivity index (χ2n) is 7.58. The third kappa shape index (κ3) is 6.28. The molecule has 0 aromatic heterocycles. The molecule has 1 aromatic carbocycles. The minimum atomic E-state index is -1.08. The van der Waals surface area contributed by atoms with E-state index < -0.39 is 23.4 Å². The average molecular weight is 404 g/mol. The van der Waals surface area contributed by atoms with E-state index in [2.05, 4.69) is 16.1 Å². The van der Waals surface area contributed by atoms with Gasteiger partial charge in [-0.3, -0.25) is 19.8 Å². The van der Waals surface area contributed by atoms with Crippen molar-refractivity contribution in [2.24, 2.45) is 0 Å². The Morgan fingerprint density at radius 3 is 2.45 bits per heavy atom. The van der Waals surface area contributed by atoms with Gasteiger partial charge in [-0.15, -0.1) is 0 Å². The van der Waals surface area contributed by atoms with E-state index in [-0.39, 0.29) is 19.0 Å². The quantitative estimate of drug-likeness (QED) is 0.375. The normalized spacial score (nSPS) is 19.6. The lowest BCUT2D eigenvalue weighted by molar-refractivity contribution is -0.862. The number of imide groups is 1. The molecular weight excluding hydrogens is 374 g/mol. The van der Waals surface area contributed by atoms with Crippen molar-refractivity contribution in [1.29, 1.82) is 0 Å². The minimum absolute atomic E-state index is 0.0443. The molecule has 29 heavy (non-hydrogen) atoms. The monoisotopic (exact) mass is 404 g/mol. The lowest BCUT2D eigenvalue weighted by atomic mass is 9.93.